The van der Waals surface area contributed by atoms with Gasteiger partial charge >= 0.3 is 0 Å². The Morgan fingerprint density at radius 1 is 0.826 bits per heavy atom. The lowest BCUT2D eigenvalue weighted by atomic mass is 9.63. The molecular weight excluding hydrogens is 596 g/mol. The van der Waals surface area contributed by atoms with Crippen molar-refractivity contribution < 1.29 is 19.1 Å². The molecule has 3 aromatic rings. The number of anilines is 1. The van der Waals surface area contributed by atoms with Gasteiger partial charge in [0.2, 0.25) is 0 Å². The Balaban J connectivity index is 1.37. The van der Waals surface area contributed by atoms with Gasteiger partial charge in [0, 0.05) is 47.8 Å². The molecule has 46 heavy (non-hydrogen) atoms. The summed E-state index contributed by atoms with van der Waals surface area (Å²) >= 11 is 6.20. The molecule has 1 amide bonds. The molecule has 0 fully saturated rings. The number of nitrogens with one attached hydrogen (secondary N) is 1. The highest BCUT2D eigenvalue weighted by Gasteiger charge is 2.48. The highest BCUT2D eigenvalue weighted by molar-refractivity contribution is 6.33. The number of Topliss-reactive ketones (excluding diaryl/α,β-unsaturated/α-hetero) is 2. The quantitative estimate of drug-likeness (QED) is 0.269. The number of carbonyl (C=O) groups excluding carboxylic acids is 3. The maximum atomic E-state index is 14.1. The minimum absolute atomic E-state index is 0.0931. The van der Waals surface area contributed by atoms with Crippen LogP contribution in [0.15, 0.2) is 101 Å². The van der Waals surface area contributed by atoms with Crippen LogP contribution in [0.3, 0.4) is 0 Å². The molecule has 0 spiro atoms. The summed E-state index contributed by atoms with van der Waals surface area (Å²) in [6.45, 7) is 9.10. The first-order chi connectivity index (χ1) is 21.9. The van der Waals surface area contributed by atoms with Crippen molar-refractivity contribution in [1.82, 2.24) is 4.90 Å². The lowest BCUT2D eigenvalue weighted by Gasteiger charge is -2.49. The van der Waals surface area contributed by atoms with Crippen molar-refractivity contribution in [2.75, 3.05) is 18.5 Å². The van der Waals surface area contributed by atoms with Crippen LogP contribution in [0.2, 0.25) is 5.02 Å². The summed E-state index contributed by atoms with van der Waals surface area (Å²) in [6.07, 6.45) is 3.17. The maximum absolute atomic E-state index is 14.1. The normalized spacial score (nSPS) is 19.1. The van der Waals surface area contributed by atoms with Crippen LogP contribution in [0, 0.1) is 10.8 Å². The van der Waals surface area contributed by atoms with Crippen LogP contribution in [0.5, 0.6) is 5.75 Å². The largest absolute Gasteiger partial charge is 0.484 e. The molecule has 3 aromatic carbocycles. The molecule has 1 heterocycles. The number of allylic oxidation sites excluding steroid dienone is 4. The van der Waals surface area contributed by atoms with Gasteiger partial charge < -0.3 is 15.0 Å². The van der Waals surface area contributed by atoms with Gasteiger partial charge in [-0.3, -0.25) is 14.4 Å². The number of ketones is 2. The van der Waals surface area contributed by atoms with E-state index in [-0.39, 0.29) is 34.9 Å². The Bertz CT molecular complexity index is 1700. The fraction of sp³-hybridized carbons (Fsp3) is 0.359. The molecule has 1 N–H and O–H groups in total. The average Bonchev–Trinajstić information content (AvgIpc) is 2.99. The predicted octanol–water partition coefficient (Wildman–Crippen LogP) is 8.29. The van der Waals surface area contributed by atoms with Gasteiger partial charge in [0.15, 0.2) is 18.2 Å². The van der Waals surface area contributed by atoms with Crippen LogP contribution >= 0.6 is 11.6 Å². The summed E-state index contributed by atoms with van der Waals surface area (Å²) in [7, 11) is 0. The first-order valence-electron chi connectivity index (χ1n) is 16.0. The van der Waals surface area contributed by atoms with Crippen LogP contribution < -0.4 is 10.1 Å². The zero-order chi connectivity index (χ0) is 32.6. The summed E-state index contributed by atoms with van der Waals surface area (Å²) in [6, 6.07) is 24.9. The first kappa shape index (κ1) is 31.8. The number of hydrogen-bond acceptors (Lipinski definition) is 5. The van der Waals surface area contributed by atoms with Gasteiger partial charge in [-0.1, -0.05) is 93.9 Å². The molecule has 3 aliphatic rings. The molecule has 1 aliphatic heterocycles. The Hall–Kier alpha value is -4.16. The van der Waals surface area contributed by atoms with E-state index in [4.69, 9.17) is 16.3 Å². The van der Waals surface area contributed by atoms with Gasteiger partial charge in [-0.15, -0.1) is 0 Å². The maximum Gasteiger partial charge on any atom is 0.262 e. The standard InChI is InChI=1S/C39H41ClN2O4/c1-38(2)20-30-36(32(43)22-38)35(26-13-10-14-27(19-26)46-24-34(45)41-29-16-9-8-15-28(29)40)37-31(21-39(3,4)23-33(37)44)42(30)18-17-25-11-6-5-7-12-25/h5-16,19,35H,17-18,20-24H2,1-4H3,(H,41,45). The molecule has 238 valence electrons. The Morgan fingerprint density at radius 2 is 1.43 bits per heavy atom. The molecule has 6 rings (SSSR count). The molecular formula is C39H41ClN2O4. The molecule has 7 heteroatoms. The van der Waals surface area contributed by atoms with Gasteiger partial charge in [-0.05, 0) is 65.5 Å². The second-order valence-electron chi connectivity index (χ2n) is 14.3. The van der Waals surface area contributed by atoms with Crippen molar-refractivity contribution in [3.8, 4) is 5.75 Å². The average molecular weight is 637 g/mol. The van der Waals surface area contributed by atoms with Crippen molar-refractivity contribution in [2.24, 2.45) is 10.8 Å². The van der Waals surface area contributed by atoms with E-state index in [1.807, 2.05) is 36.4 Å². The zero-order valence-electron chi connectivity index (χ0n) is 27.0. The van der Waals surface area contributed by atoms with Gasteiger partial charge in [0.05, 0.1) is 10.7 Å². The van der Waals surface area contributed by atoms with E-state index in [1.165, 1.54) is 5.56 Å². The second-order valence-corrected chi connectivity index (χ2v) is 14.7. The Morgan fingerprint density at radius 3 is 2.07 bits per heavy atom. The van der Waals surface area contributed by atoms with Crippen LogP contribution in [-0.4, -0.2) is 35.5 Å². The van der Waals surface area contributed by atoms with E-state index in [1.54, 1.807) is 30.3 Å². The van der Waals surface area contributed by atoms with E-state index >= 15 is 0 Å². The van der Waals surface area contributed by atoms with Crippen molar-refractivity contribution in [1.29, 1.82) is 0 Å². The number of amides is 1. The number of benzene rings is 3. The van der Waals surface area contributed by atoms with Gasteiger partial charge in [0.25, 0.3) is 5.91 Å². The van der Waals surface area contributed by atoms with E-state index in [2.05, 4.69) is 50.0 Å². The van der Waals surface area contributed by atoms with Gasteiger partial charge in [-0.25, -0.2) is 0 Å². The number of para-hydroxylation sites is 1. The van der Waals surface area contributed by atoms with Crippen LogP contribution in [0.4, 0.5) is 5.69 Å². The molecule has 0 saturated carbocycles. The minimum atomic E-state index is -0.481. The second kappa shape index (κ2) is 12.6. The molecule has 0 aromatic heterocycles. The SMILES string of the molecule is CC1(C)CC(=O)C2=C(C1)N(CCc1ccccc1)C1=C(C(=O)CC(C)(C)C1)C2c1cccc(OCC(=O)Nc2ccccc2Cl)c1. The topological polar surface area (TPSA) is 75.7 Å². The smallest absolute Gasteiger partial charge is 0.262 e. The van der Waals surface area contributed by atoms with E-state index < -0.39 is 5.92 Å². The van der Waals surface area contributed by atoms with Gasteiger partial charge in [0.1, 0.15) is 5.75 Å². The number of hydrogen-bond donors (Lipinski definition) is 1. The Labute approximate surface area is 276 Å². The third kappa shape index (κ3) is 6.68. The molecule has 2 aliphatic carbocycles. The van der Waals surface area contributed by atoms with E-state index in [0.717, 1.165) is 47.4 Å². The van der Waals surface area contributed by atoms with Crippen molar-refractivity contribution in [3.05, 3.63) is 118 Å². The highest BCUT2D eigenvalue weighted by atomic mass is 35.5. The minimum Gasteiger partial charge on any atom is -0.484 e. The number of halogens is 1. The third-order valence-corrected chi connectivity index (χ3v) is 9.53. The van der Waals surface area contributed by atoms with Crippen LogP contribution in [0.25, 0.3) is 0 Å². The summed E-state index contributed by atoms with van der Waals surface area (Å²) in [5.41, 5.74) is 5.71. The Kier molecular flexibility index (Phi) is 8.68. The van der Waals surface area contributed by atoms with Crippen LogP contribution in [0.1, 0.15) is 70.4 Å². The fourth-order valence-electron chi connectivity index (χ4n) is 7.22. The summed E-state index contributed by atoms with van der Waals surface area (Å²) < 4.78 is 5.94. The molecule has 0 radical (unpaired) electrons. The van der Waals surface area contributed by atoms with Crippen molar-refractivity contribution in [2.45, 2.75) is 65.7 Å². The summed E-state index contributed by atoms with van der Waals surface area (Å²) in [5.74, 6) is -0.138. The molecule has 0 bridgehead atoms. The lowest BCUT2D eigenvalue weighted by Crippen LogP contribution is -2.45. The number of ether oxygens (including phenoxy) is 1. The van der Waals surface area contributed by atoms with Gasteiger partial charge in [-0.2, -0.15) is 0 Å². The molecule has 0 saturated heterocycles. The monoisotopic (exact) mass is 636 g/mol. The lowest BCUT2D eigenvalue weighted by molar-refractivity contribution is -0.120. The number of carbonyl (C=O) groups is 3. The third-order valence-electron chi connectivity index (χ3n) is 9.20. The zero-order valence-corrected chi connectivity index (χ0v) is 27.7. The number of rotatable bonds is 8. The van der Waals surface area contributed by atoms with Crippen molar-refractivity contribution in [3.63, 3.8) is 0 Å². The summed E-state index contributed by atoms with van der Waals surface area (Å²) in [5, 5.41) is 3.23. The van der Waals surface area contributed by atoms with E-state index in [0.29, 0.717) is 35.8 Å². The van der Waals surface area contributed by atoms with Crippen molar-refractivity contribution >= 4 is 34.8 Å². The molecule has 0 atom stereocenters. The fourth-order valence-corrected chi connectivity index (χ4v) is 7.40. The van der Waals surface area contributed by atoms with Crippen LogP contribution in [-0.2, 0) is 20.8 Å². The predicted molar refractivity (Wildman–Crippen MR) is 182 cm³/mol. The first-order valence-corrected chi connectivity index (χ1v) is 16.4. The molecule has 0 unspecified atom stereocenters. The van der Waals surface area contributed by atoms with E-state index in [9.17, 15) is 14.4 Å². The highest BCUT2D eigenvalue weighted by Crippen LogP contribution is 2.54. The summed E-state index contributed by atoms with van der Waals surface area (Å²) in [4.78, 5) is 43.3. The number of nitrogens with zero attached hydrogens (tertiary/aromatic N) is 1. The molecule has 6 nitrogen and oxygen atoms in total.